The first-order chi connectivity index (χ1) is 10.1. The van der Waals surface area contributed by atoms with E-state index in [0.29, 0.717) is 6.54 Å². The van der Waals surface area contributed by atoms with Crippen molar-refractivity contribution in [2.75, 3.05) is 18.5 Å². The maximum Gasteiger partial charge on any atom is 0.119 e. The van der Waals surface area contributed by atoms with E-state index in [4.69, 9.17) is 4.74 Å². The van der Waals surface area contributed by atoms with E-state index in [0.717, 1.165) is 15.9 Å². The van der Waals surface area contributed by atoms with Gasteiger partial charge in [0, 0.05) is 16.7 Å². The number of hydrogen-bond donors (Lipinski definition) is 2. The third kappa shape index (κ3) is 4.76. The fourth-order valence-corrected chi connectivity index (χ4v) is 2.28. The highest BCUT2D eigenvalue weighted by Gasteiger charge is 2.07. The Hall–Kier alpha value is -1.52. The highest BCUT2D eigenvalue weighted by molar-refractivity contribution is 9.10. The first-order valence-electron chi connectivity index (χ1n) is 6.93. The van der Waals surface area contributed by atoms with E-state index in [1.807, 2.05) is 30.3 Å². The quantitative estimate of drug-likeness (QED) is 0.830. The van der Waals surface area contributed by atoms with Gasteiger partial charge in [-0.2, -0.15) is 0 Å². The first kappa shape index (κ1) is 15.9. The number of aliphatic hydroxyl groups excluding tert-OH is 1. The van der Waals surface area contributed by atoms with Gasteiger partial charge >= 0.3 is 0 Å². The Bertz CT molecular complexity index is 564. The van der Waals surface area contributed by atoms with Crippen LogP contribution in [0.5, 0.6) is 5.75 Å². The van der Waals surface area contributed by atoms with Crippen molar-refractivity contribution >= 4 is 21.6 Å². The average Bonchev–Trinajstić information content (AvgIpc) is 2.49. The van der Waals surface area contributed by atoms with Crippen LogP contribution >= 0.6 is 15.9 Å². The van der Waals surface area contributed by atoms with E-state index in [1.54, 1.807) is 0 Å². The molecule has 0 bridgehead atoms. The minimum atomic E-state index is -0.561. The fourth-order valence-electron chi connectivity index (χ4n) is 2.05. The van der Waals surface area contributed by atoms with Crippen LogP contribution in [0, 0.1) is 13.8 Å². The Morgan fingerprint density at radius 2 is 1.76 bits per heavy atom. The number of para-hydroxylation sites is 1. The summed E-state index contributed by atoms with van der Waals surface area (Å²) in [6, 6.07) is 13.6. The molecule has 0 saturated heterocycles. The number of aryl methyl sites for hydroxylation is 2. The number of nitrogens with one attached hydrogen (secondary N) is 1. The maximum atomic E-state index is 9.97. The lowest BCUT2D eigenvalue weighted by Gasteiger charge is -2.15. The molecule has 4 heteroatoms. The molecule has 0 spiro atoms. The van der Waals surface area contributed by atoms with Crippen LogP contribution in [0.1, 0.15) is 11.1 Å². The number of rotatable bonds is 6. The predicted octanol–water partition coefficient (Wildman–Crippen LogP) is 3.92. The third-order valence-electron chi connectivity index (χ3n) is 3.16. The molecule has 0 heterocycles. The Kier molecular flexibility index (Phi) is 5.65. The Labute approximate surface area is 134 Å². The number of benzene rings is 2. The smallest absolute Gasteiger partial charge is 0.119 e. The van der Waals surface area contributed by atoms with Crippen LogP contribution in [0.3, 0.4) is 0 Å². The first-order valence-corrected chi connectivity index (χ1v) is 7.72. The molecular formula is C17H20BrNO2. The molecule has 0 aliphatic carbocycles. The van der Waals surface area contributed by atoms with Gasteiger partial charge in [-0.3, -0.25) is 0 Å². The lowest BCUT2D eigenvalue weighted by atomic mass is 10.1. The molecule has 1 atom stereocenters. The topological polar surface area (TPSA) is 41.5 Å². The summed E-state index contributed by atoms with van der Waals surface area (Å²) in [4.78, 5) is 0. The van der Waals surface area contributed by atoms with Crippen molar-refractivity contribution in [3.63, 3.8) is 0 Å². The van der Waals surface area contributed by atoms with E-state index in [1.165, 1.54) is 11.1 Å². The summed E-state index contributed by atoms with van der Waals surface area (Å²) >= 11 is 3.55. The van der Waals surface area contributed by atoms with Crippen LogP contribution < -0.4 is 10.1 Å². The average molecular weight is 350 g/mol. The molecule has 2 N–H and O–H groups in total. The number of anilines is 1. The lowest BCUT2D eigenvalue weighted by molar-refractivity contribution is 0.117. The number of hydrogen-bond acceptors (Lipinski definition) is 3. The molecule has 2 aromatic carbocycles. The molecule has 112 valence electrons. The summed E-state index contributed by atoms with van der Waals surface area (Å²) in [6.07, 6.45) is -0.561. The van der Waals surface area contributed by atoms with Crippen LogP contribution in [-0.4, -0.2) is 24.4 Å². The monoisotopic (exact) mass is 349 g/mol. The molecule has 0 aromatic heterocycles. The summed E-state index contributed by atoms with van der Waals surface area (Å²) < 4.78 is 6.65. The van der Waals surface area contributed by atoms with Crippen molar-refractivity contribution in [2.45, 2.75) is 20.0 Å². The summed E-state index contributed by atoms with van der Waals surface area (Å²) in [5.41, 5.74) is 3.35. The second-order valence-corrected chi connectivity index (χ2v) is 5.88. The van der Waals surface area contributed by atoms with E-state index in [9.17, 15) is 5.11 Å². The second kappa shape index (κ2) is 7.48. The van der Waals surface area contributed by atoms with Gasteiger partial charge in [-0.05, 0) is 49.2 Å². The predicted molar refractivity (Wildman–Crippen MR) is 90.0 cm³/mol. The molecule has 0 fully saturated rings. The standard InChI is InChI=1S/C17H20BrNO2/c1-12-8-14(9-13(2)17(12)18)19-10-15(20)11-21-16-6-4-3-5-7-16/h3-9,15,19-20H,10-11H2,1-2H3. The summed E-state index contributed by atoms with van der Waals surface area (Å²) in [5.74, 6) is 0.770. The molecule has 2 aromatic rings. The van der Waals surface area contributed by atoms with Crippen LogP contribution in [0.25, 0.3) is 0 Å². The normalized spacial score (nSPS) is 12.0. The zero-order valence-electron chi connectivity index (χ0n) is 12.3. The number of halogens is 1. The van der Waals surface area contributed by atoms with Crippen molar-refractivity contribution in [1.82, 2.24) is 0 Å². The van der Waals surface area contributed by atoms with Crippen molar-refractivity contribution < 1.29 is 9.84 Å². The molecular weight excluding hydrogens is 330 g/mol. The summed E-state index contributed by atoms with van der Waals surface area (Å²) in [7, 11) is 0. The van der Waals surface area contributed by atoms with Gasteiger partial charge in [-0.25, -0.2) is 0 Å². The van der Waals surface area contributed by atoms with E-state index >= 15 is 0 Å². The molecule has 2 rings (SSSR count). The van der Waals surface area contributed by atoms with Gasteiger partial charge < -0.3 is 15.2 Å². The van der Waals surface area contributed by atoms with Gasteiger partial charge in [-0.15, -0.1) is 0 Å². The molecule has 0 saturated carbocycles. The highest BCUT2D eigenvalue weighted by atomic mass is 79.9. The molecule has 21 heavy (non-hydrogen) atoms. The molecule has 0 radical (unpaired) electrons. The minimum Gasteiger partial charge on any atom is -0.491 e. The van der Waals surface area contributed by atoms with Crippen molar-refractivity contribution in [2.24, 2.45) is 0 Å². The Morgan fingerprint density at radius 3 is 2.38 bits per heavy atom. The lowest BCUT2D eigenvalue weighted by Crippen LogP contribution is -2.26. The number of aliphatic hydroxyl groups is 1. The van der Waals surface area contributed by atoms with Crippen LogP contribution in [0.4, 0.5) is 5.69 Å². The van der Waals surface area contributed by atoms with Gasteiger partial charge in [0.1, 0.15) is 18.5 Å². The van der Waals surface area contributed by atoms with E-state index in [-0.39, 0.29) is 6.61 Å². The molecule has 0 aliphatic heterocycles. The van der Waals surface area contributed by atoms with Gasteiger partial charge in [0.2, 0.25) is 0 Å². The van der Waals surface area contributed by atoms with Crippen LogP contribution in [0.2, 0.25) is 0 Å². The van der Waals surface area contributed by atoms with Crippen molar-refractivity contribution in [1.29, 1.82) is 0 Å². The number of ether oxygens (including phenoxy) is 1. The SMILES string of the molecule is Cc1cc(NCC(O)COc2ccccc2)cc(C)c1Br. The molecule has 3 nitrogen and oxygen atoms in total. The third-order valence-corrected chi connectivity index (χ3v) is 4.41. The largest absolute Gasteiger partial charge is 0.491 e. The molecule has 0 aliphatic rings. The fraction of sp³-hybridized carbons (Fsp3) is 0.294. The van der Waals surface area contributed by atoms with Crippen LogP contribution in [0.15, 0.2) is 46.9 Å². The van der Waals surface area contributed by atoms with E-state index in [2.05, 4.69) is 47.2 Å². The Morgan fingerprint density at radius 1 is 1.14 bits per heavy atom. The molecule has 1 unspecified atom stereocenters. The highest BCUT2D eigenvalue weighted by Crippen LogP contribution is 2.24. The van der Waals surface area contributed by atoms with Crippen molar-refractivity contribution in [3.05, 3.63) is 58.1 Å². The van der Waals surface area contributed by atoms with Gasteiger partial charge in [0.05, 0.1) is 0 Å². The van der Waals surface area contributed by atoms with Crippen LogP contribution in [-0.2, 0) is 0 Å². The molecule has 0 amide bonds. The second-order valence-electron chi connectivity index (χ2n) is 5.08. The summed E-state index contributed by atoms with van der Waals surface area (Å²) in [6.45, 7) is 4.83. The van der Waals surface area contributed by atoms with Gasteiger partial charge in [0.15, 0.2) is 0 Å². The van der Waals surface area contributed by atoms with Gasteiger partial charge in [-0.1, -0.05) is 34.1 Å². The Balaban J connectivity index is 1.82. The van der Waals surface area contributed by atoms with E-state index < -0.39 is 6.10 Å². The minimum absolute atomic E-state index is 0.269. The van der Waals surface area contributed by atoms with Crippen molar-refractivity contribution in [3.8, 4) is 5.75 Å². The summed E-state index contributed by atoms with van der Waals surface area (Å²) in [5, 5.41) is 13.2. The zero-order valence-corrected chi connectivity index (χ0v) is 13.9. The zero-order chi connectivity index (χ0) is 15.2. The maximum absolute atomic E-state index is 9.97. The van der Waals surface area contributed by atoms with Gasteiger partial charge in [0.25, 0.3) is 0 Å².